The Morgan fingerprint density at radius 3 is 2.53 bits per heavy atom. The number of benzene rings is 1. The van der Waals surface area contributed by atoms with E-state index in [2.05, 4.69) is 15.6 Å². The van der Waals surface area contributed by atoms with Gasteiger partial charge in [-0.05, 0) is 17.5 Å². The number of nitrogens with zero attached hydrogens (tertiary/aromatic N) is 4. The van der Waals surface area contributed by atoms with Crippen molar-refractivity contribution < 1.29 is 27.9 Å². The van der Waals surface area contributed by atoms with Gasteiger partial charge in [0, 0.05) is 25.6 Å². The molecule has 3 rings (SSSR count). The van der Waals surface area contributed by atoms with Gasteiger partial charge in [0.1, 0.15) is 17.8 Å². The zero-order valence-corrected chi connectivity index (χ0v) is 18.2. The van der Waals surface area contributed by atoms with Crippen LogP contribution in [0.1, 0.15) is 38.8 Å². The topological polar surface area (TPSA) is 100 Å². The summed E-state index contributed by atoms with van der Waals surface area (Å²) >= 11 is 0. The van der Waals surface area contributed by atoms with E-state index < -0.39 is 41.2 Å². The molecule has 0 bridgehead atoms. The van der Waals surface area contributed by atoms with Crippen LogP contribution in [0.5, 0.6) is 0 Å². The summed E-state index contributed by atoms with van der Waals surface area (Å²) in [7, 11) is 1.45. The third kappa shape index (κ3) is 4.77. The quantitative estimate of drug-likeness (QED) is 0.740. The number of aromatic nitrogens is 3. The maximum atomic E-state index is 13.5. The molecule has 2 heterocycles. The van der Waals surface area contributed by atoms with Crippen molar-refractivity contribution in [2.45, 2.75) is 51.6 Å². The molecule has 0 saturated carbocycles. The molecular weight excluding hydrogens is 427 g/mol. The molecular formula is C21H26F3N5O3. The molecule has 1 aliphatic rings. The fourth-order valence-electron chi connectivity index (χ4n) is 3.90. The number of rotatable bonds is 4. The predicted molar refractivity (Wildman–Crippen MR) is 109 cm³/mol. The molecule has 1 aliphatic heterocycles. The van der Waals surface area contributed by atoms with Crippen LogP contribution in [-0.2, 0) is 15.8 Å². The summed E-state index contributed by atoms with van der Waals surface area (Å²) in [6, 6.07) is 2.98. The van der Waals surface area contributed by atoms with E-state index in [0.29, 0.717) is 0 Å². The van der Waals surface area contributed by atoms with Crippen LogP contribution in [0.2, 0.25) is 0 Å². The van der Waals surface area contributed by atoms with E-state index in [4.69, 9.17) is 0 Å². The Balaban J connectivity index is 1.96. The van der Waals surface area contributed by atoms with E-state index in [1.165, 1.54) is 35.0 Å². The van der Waals surface area contributed by atoms with Crippen LogP contribution in [0.4, 0.5) is 13.2 Å². The molecule has 2 unspecified atom stereocenters. The van der Waals surface area contributed by atoms with Gasteiger partial charge >= 0.3 is 6.18 Å². The lowest BCUT2D eigenvalue weighted by Crippen LogP contribution is -2.49. The fourth-order valence-corrected chi connectivity index (χ4v) is 3.90. The average molecular weight is 453 g/mol. The van der Waals surface area contributed by atoms with Crippen LogP contribution in [-0.4, -0.2) is 62.6 Å². The number of alkyl halides is 3. The second kappa shape index (κ2) is 8.53. The first-order valence-electron chi connectivity index (χ1n) is 10.1. The summed E-state index contributed by atoms with van der Waals surface area (Å²) in [6.07, 6.45) is -3.79. The summed E-state index contributed by atoms with van der Waals surface area (Å²) in [5, 5.41) is 20.6. The van der Waals surface area contributed by atoms with Crippen molar-refractivity contribution in [3.63, 3.8) is 0 Å². The van der Waals surface area contributed by atoms with Crippen LogP contribution in [0.15, 0.2) is 30.5 Å². The molecule has 11 heteroatoms. The molecule has 1 aromatic heterocycles. The molecule has 174 valence electrons. The van der Waals surface area contributed by atoms with E-state index in [1.807, 2.05) is 20.8 Å². The molecule has 3 atom stereocenters. The number of carbonyl (C=O) groups is 2. The first kappa shape index (κ1) is 23.7. The number of amides is 2. The van der Waals surface area contributed by atoms with Gasteiger partial charge in [0.15, 0.2) is 0 Å². The second-order valence-corrected chi connectivity index (χ2v) is 8.94. The summed E-state index contributed by atoms with van der Waals surface area (Å²) in [4.78, 5) is 27.1. The first-order chi connectivity index (χ1) is 14.8. The van der Waals surface area contributed by atoms with Crippen LogP contribution >= 0.6 is 0 Å². The number of aliphatic hydroxyl groups is 1. The van der Waals surface area contributed by atoms with Crippen LogP contribution in [0.3, 0.4) is 0 Å². The van der Waals surface area contributed by atoms with Crippen molar-refractivity contribution in [3.05, 3.63) is 36.0 Å². The molecule has 2 N–H and O–H groups in total. The van der Waals surface area contributed by atoms with Crippen LogP contribution in [0.25, 0.3) is 11.3 Å². The number of aliphatic hydroxyl groups excluding tert-OH is 1. The molecule has 2 amide bonds. The number of hydrogen-bond donors (Lipinski definition) is 2. The summed E-state index contributed by atoms with van der Waals surface area (Å²) in [5.41, 5.74) is -1.09. The lowest BCUT2D eigenvalue weighted by molar-refractivity contribution is -0.144. The number of likely N-dealkylation sites (tertiary alicyclic amines) is 1. The molecule has 8 nitrogen and oxygen atoms in total. The number of nitrogens with one attached hydrogen (secondary N) is 1. The average Bonchev–Trinajstić information content (AvgIpc) is 3.33. The Hall–Kier alpha value is -2.95. The third-order valence-electron chi connectivity index (χ3n) is 5.43. The molecule has 1 aromatic carbocycles. The number of likely N-dealkylation sites (N-methyl/N-ethyl adjacent to an activating group) is 1. The van der Waals surface area contributed by atoms with Gasteiger partial charge in [-0.25, -0.2) is 4.68 Å². The maximum Gasteiger partial charge on any atom is 0.416 e. The van der Waals surface area contributed by atoms with Gasteiger partial charge in [-0.2, -0.15) is 13.2 Å². The lowest BCUT2D eigenvalue weighted by Gasteiger charge is -2.34. The Labute approximate surface area is 183 Å². The van der Waals surface area contributed by atoms with Crippen molar-refractivity contribution in [2.24, 2.45) is 5.41 Å². The largest absolute Gasteiger partial charge is 0.416 e. The zero-order chi connectivity index (χ0) is 23.8. The molecule has 0 radical (unpaired) electrons. The molecule has 0 aliphatic carbocycles. The highest BCUT2D eigenvalue weighted by molar-refractivity contribution is 5.90. The Bertz CT molecular complexity index is 999. The van der Waals surface area contributed by atoms with Gasteiger partial charge < -0.3 is 15.3 Å². The lowest BCUT2D eigenvalue weighted by atomic mass is 9.85. The Kier molecular flexibility index (Phi) is 6.32. The normalized spacial score (nSPS) is 20.3. The van der Waals surface area contributed by atoms with Gasteiger partial charge in [-0.1, -0.05) is 38.1 Å². The summed E-state index contributed by atoms with van der Waals surface area (Å²) < 4.78 is 40.5. The summed E-state index contributed by atoms with van der Waals surface area (Å²) in [6.45, 7) is 5.42. The number of hydrogen-bond acceptors (Lipinski definition) is 5. The van der Waals surface area contributed by atoms with E-state index in [-0.39, 0.29) is 30.1 Å². The van der Waals surface area contributed by atoms with Gasteiger partial charge in [-0.3, -0.25) is 9.59 Å². The molecule has 32 heavy (non-hydrogen) atoms. The second-order valence-electron chi connectivity index (χ2n) is 8.94. The maximum absolute atomic E-state index is 13.5. The minimum atomic E-state index is -4.50. The highest BCUT2D eigenvalue weighted by Crippen LogP contribution is 2.36. The van der Waals surface area contributed by atoms with Crippen LogP contribution < -0.4 is 5.32 Å². The van der Waals surface area contributed by atoms with E-state index in [0.717, 1.165) is 12.1 Å². The molecule has 0 spiro atoms. The Morgan fingerprint density at radius 2 is 1.94 bits per heavy atom. The van der Waals surface area contributed by atoms with E-state index >= 15 is 0 Å². The van der Waals surface area contributed by atoms with Crippen molar-refractivity contribution in [2.75, 3.05) is 13.6 Å². The molecule has 1 saturated heterocycles. The smallest absolute Gasteiger partial charge is 0.391 e. The SMILES string of the molecule is CNC(=O)C1CC(O)CN1C(=O)[C@@H](n1cc(-c2cccc(C(F)(F)F)c2)nn1)C(C)(C)C. The van der Waals surface area contributed by atoms with Crippen molar-refractivity contribution >= 4 is 11.8 Å². The van der Waals surface area contributed by atoms with Crippen molar-refractivity contribution in [1.29, 1.82) is 0 Å². The minimum Gasteiger partial charge on any atom is -0.391 e. The van der Waals surface area contributed by atoms with E-state index in [9.17, 15) is 27.9 Å². The van der Waals surface area contributed by atoms with Crippen molar-refractivity contribution in [3.8, 4) is 11.3 Å². The Morgan fingerprint density at radius 1 is 1.25 bits per heavy atom. The minimum absolute atomic E-state index is 0.00131. The summed E-state index contributed by atoms with van der Waals surface area (Å²) in [5.74, 6) is -0.811. The standard InChI is InChI=1S/C21H26F3N5O3/c1-20(2,3)17(19(32)28-10-14(30)9-16(28)18(31)25-4)29-11-15(26-27-29)12-6-5-7-13(8-12)21(22,23)24/h5-8,11,14,16-17,30H,9-10H2,1-4H3,(H,25,31)/t14?,16?,17-/m1/s1. The fraction of sp³-hybridized carbons (Fsp3) is 0.524. The number of halogens is 3. The van der Waals surface area contributed by atoms with Crippen LogP contribution in [0, 0.1) is 5.41 Å². The van der Waals surface area contributed by atoms with E-state index in [1.54, 1.807) is 0 Å². The number of carbonyl (C=O) groups excluding carboxylic acids is 2. The molecule has 2 aromatic rings. The predicted octanol–water partition coefficient (Wildman–Crippen LogP) is 2.26. The van der Waals surface area contributed by atoms with Gasteiger partial charge in [0.25, 0.3) is 0 Å². The zero-order valence-electron chi connectivity index (χ0n) is 18.2. The van der Waals surface area contributed by atoms with Gasteiger partial charge in [0.2, 0.25) is 11.8 Å². The third-order valence-corrected chi connectivity index (χ3v) is 5.43. The van der Waals surface area contributed by atoms with Crippen molar-refractivity contribution in [1.82, 2.24) is 25.2 Å². The highest BCUT2D eigenvalue weighted by Gasteiger charge is 2.45. The van der Waals surface area contributed by atoms with Gasteiger partial charge in [0.05, 0.1) is 17.9 Å². The van der Waals surface area contributed by atoms with Gasteiger partial charge in [-0.15, -0.1) is 5.10 Å². The molecule has 1 fully saturated rings. The number of β-amino-alcohol motifs (C(OH)–C–C–N with tert-alkyl or cyclic N) is 1. The monoisotopic (exact) mass is 453 g/mol. The first-order valence-corrected chi connectivity index (χ1v) is 10.1. The highest BCUT2D eigenvalue weighted by atomic mass is 19.4.